The Morgan fingerprint density at radius 3 is 2.61 bits per heavy atom. The summed E-state index contributed by atoms with van der Waals surface area (Å²) >= 11 is 0. The zero-order valence-corrected chi connectivity index (χ0v) is 12.2. The van der Waals surface area contributed by atoms with Crippen LogP contribution in [0, 0.1) is 11.8 Å². The monoisotopic (exact) mass is 246 g/mol. The molecule has 0 aromatic carbocycles. The van der Waals surface area contributed by atoms with Crippen LogP contribution in [0.5, 0.6) is 0 Å². The molecule has 1 fully saturated rings. The van der Waals surface area contributed by atoms with Gasteiger partial charge in [-0.2, -0.15) is 0 Å². The summed E-state index contributed by atoms with van der Waals surface area (Å²) < 4.78 is 0. The molecule has 2 atom stereocenters. The summed E-state index contributed by atoms with van der Waals surface area (Å²) in [5.74, 6) is 1.24. The molecular formula is C16H26N2. The molecule has 18 heavy (non-hydrogen) atoms. The van der Waals surface area contributed by atoms with Gasteiger partial charge in [0.1, 0.15) is 0 Å². The molecule has 0 aromatic rings. The van der Waals surface area contributed by atoms with Crippen molar-refractivity contribution in [3.05, 3.63) is 23.8 Å². The van der Waals surface area contributed by atoms with Gasteiger partial charge in [-0.1, -0.05) is 25.2 Å². The normalized spacial score (nSPS) is 31.6. The number of rotatable bonds is 2. The number of hydrogen-bond acceptors (Lipinski definition) is 2. The summed E-state index contributed by atoms with van der Waals surface area (Å²) in [5.41, 5.74) is 2.76. The van der Waals surface area contributed by atoms with Gasteiger partial charge < -0.3 is 4.90 Å². The maximum atomic E-state index is 5.03. The van der Waals surface area contributed by atoms with Crippen molar-refractivity contribution in [1.29, 1.82) is 0 Å². The predicted molar refractivity (Wildman–Crippen MR) is 79.2 cm³/mol. The van der Waals surface area contributed by atoms with Gasteiger partial charge in [-0.3, -0.25) is 4.99 Å². The first-order valence-corrected chi connectivity index (χ1v) is 7.15. The molecule has 0 spiro atoms. The highest BCUT2D eigenvalue weighted by atomic mass is 15.1. The highest BCUT2D eigenvalue weighted by molar-refractivity contribution is 5.84. The summed E-state index contributed by atoms with van der Waals surface area (Å²) in [7, 11) is 2.21. The second kappa shape index (κ2) is 5.83. The van der Waals surface area contributed by atoms with Crippen LogP contribution in [0.1, 0.15) is 33.6 Å². The molecule has 0 amide bonds. The molecule has 1 heterocycles. The predicted octanol–water partition coefficient (Wildman–Crippen LogP) is 3.31. The SMILES string of the molecule is CC1=CC=C[C@@H](C)C1/N=C(\C)C1CCN(C)CC1. The molecule has 1 aliphatic heterocycles. The first kappa shape index (κ1) is 13.5. The first-order chi connectivity index (χ1) is 8.58. The van der Waals surface area contributed by atoms with E-state index in [0.29, 0.717) is 17.9 Å². The van der Waals surface area contributed by atoms with Gasteiger partial charge in [0.15, 0.2) is 0 Å². The third kappa shape index (κ3) is 3.11. The minimum absolute atomic E-state index is 0.370. The van der Waals surface area contributed by atoms with Gasteiger partial charge in [0, 0.05) is 11.6 Å². The number of likely N-dealkylation sites (tertiary alicyclic amines) is 1. The van der Waals surface area contributed by atoms with Gasteiger partial charge >= 0.3 is 0 Å². The molecule has 0 bridgehead atoms. The topological polar surface area (TPSA) is 15.6 Å². The van der Waals surface area contributed by atoms with Crippen molar-refractivity contribution in [3.63, 3.8) is 0 Å². The Bertz CT molecular complexity index is 371. The van der Waals surface area contributed by atoms with E-state index in [2.05, 4.69) is 50.9 Å². The molecule has 0 aromatic heterocycles. The summed E-state index contributed by atoms with van der Waals surface area (Å²) in [5, 5.41) is 0. The smallest absolute Gasteiger partial charge is 0.0768 e. The Balaban J connectivity index is 2.03. The summed E-state index contributed by atoms with van der Waals surface area (Å²) in [6.07, 6.45) is 9.17. The third-order valence-corrected chi connectivity index (χ3v) is 4.39. The van der Waals surface area contributed by atoms with E-state index in [4.69, 9.17) is 4.99 Å². The largest absolute Gasteiger partial charge is 0.306 e. The average Bonchev–Trinajstić information content (AvgIpc) is 2.34. The van der Waals surface area contributed by atoms with E-state index >= 15 is 0 Å². The van der Waals surface area contributed by atoms with Crippen LogP contribution < -0.4 is 0 Å². The molecule has 2 heteroatoms. The molecule has 0 N–H and O–H groups in total. The molecule has 1 saturated heterocycles. The number of nitrogens with zero attached hydrogens (tertiary/aromatic N) is 2. The van der Waals surface area contributed by atoms with Crippen molar-refractivity contribution in [2.24, 2.45) is 16.8 Å². The lowest BCUT2D eigenvalue weighted by atomic mass is 9.89. The Hall–Kier alpha value is -0.890. The maximum Gasteiger partial charge on any atom is 0.0768 e. The van der Waals surface area contributed by atoms with E-state index in [1.807, 2.05) is 0 Å². The summed E-state index contributed by atoms with van der Waals surface area (Å²) in [6.45, 7) is 9.13. The number of allylic oxidation sites excluding steroid dienone is 2. The quantitative estimate of drug-likeness (QED) is 0.683. The zero-order chi connectivity index (χ0) is 13.1. The van der Waals surface area contributed by atoms with Crippen molar-refractivity contribution in [2.45, 2.75) is 39.7 Å². The zero-order valence-electron chi connectivity index (χ0n) is 12.2. The number of hydrogen-bond donors (Lipinski definition) is 0. The maximum absolute atomic E-state index is 5.03. The van der Waals surface area contributed by atoms with Crippen LogP contribution >= 0.6 is 0 Å². The molecule has 0 radical (unpaired) electrons. The van der Waals surface area contributed by atoms with Crippen LogP contribution in [0.3, 0.4) is 0 Å². The summed E-state index contributed by atoms with van der Waals surface area (Å²) in [6, 6.07) is 0.370. The van der Waals surface area contributed by atoms with Crippen molar-refractivity contribution in [3.8, 4) is 0 Å². The molecule has 2 nitrogen and oxygen atoms in total. The van der Waals surface area contributed by atoms with Crippen LogP contribution in [0.2, 0.25) is 0 Å². The second-order valence-corrected chi connectivity index (χ2v) is 5.95. The van der Waals surface area contributed by atoms with E-state index in [9.17, 15) is 0 Å². The van der Waals surface area contributed by atoms with E-state index in [-0.39, 0.29) is 0 Å². The second-order valence-electron chi connectivity index (χ2n) is 5.95. The molecule has 1 unspecified atom stereocenters. The van der Waals surface area contributed by atoms with E-state index in [0.717, 1.165) is 0 Å². The van der Waals surface area contributed by atoms with Crippen molar-refractivity contribution >= 4 is 5.71 Å². The number of piperidine rings is 1. The van der Waals surface area contributed by atoms with Gasteiger partial charge in [0.05, 0.1) is 6.04 Å². The van der Waals surface area contributed by atoms with Crippen LogP contribution in [-0.2, 0) is 0 Å². The van der Waals surface area contributed by atoms with Crippen LogP contribution in [0.25, 0.3) is 0 Å². The van der Waals surface area contributed by atoms with Crippen LogP contribution in [0.15, 0.2) is 28.8 Å². The lowest BCUT2D eigenvalue weighted by Crippen LogP contribution is -2.33. The minimum Gasteiger partial charge on any atom is -0.306 e. The lowest BCUT2D eigenvalue weighted by molar-refractivity contribution is 0.251. The van der Waals surface area contributed by atoms with E-state index in [1.165, 1.54) is 37.2 Å². The minimum atomic E-state index is 0.370. The average molecular weight is 246 g/mol. The lowest BCUT2D eigenvalue weighted by Gasteiger charge is -2.30. The van der Waals surface area contributed by atoms with E-state index < -0.39 is 0 Å². The van der Waals surface area contributed by atoms with Crippen molar-refractivity contribution < 1.29 is 0 Å². The molecule has 1 aliphatic carbocycles. The Kier molecular flexibility index (Phi) is 4.39. The van der Waals surface area contributed by atoms with Gasteiger partial charge in [-0.15, -0.1) is 0 Å². The van der Waals surface area contributed by atoms with Gasteiger partial charge in [0.2, 0.25) is 0 Å². The van der Waals surface area contributed by atoms with Crippen molar-refractivity contribution in [2.75, 3.05) is 20.1 Å². The fraction of sp³-hybridized carbons (Fsp3) is 0.688. The molecule has 0 saturated carbocycles. The fourth-order valence-electron chi connectivity index (χ4n) is 2.97. The molecule has 100 valence electrons. The van der Waals surface area contributed by atoms with Gasteiger partial charge in [0.25, 0.3) is 0 Å². The fourth-order valence-corrected chi connectivity index (χ4v) is 2.97. The first-order valence-electron chi connectivity index (χ1n) is 7.15. The summed E-state index contributed by atoms with van der Waals surface area (Å²) in [4.78, 5) is 7.44. The highest BCUT2D eigenvalue weighted by Crippen LogP contribution is 2.25. The molecule has 2 aliphatic rings. The Morgan fingerprint density at radius 2 is 2.00 bits per heavy atom. The standard InChI is InChI=1S/C16H26N2/c1-12-6-5-7-13(2)16(12)17-14(3)15-8-10-18(4)11-9-15/h5-7,12,15-16H,8-11H2,1-4H3/b17-14+/t12-,16?/m1/s1. The Labute approximate surface area is 111 Å². The van der Waals surface area contributed by atoms with Gasteiger partial charge in [-0.05, 0) is 58.3 Å². The molecular weight excluding hydrogens is 220 g/mol. The van der Waals surface area contributed by atoms with Crippen LogP contribution in [0.4, 0.5) is 0 Å². The van der Waals surface area contributed by atoms with Crippen LogP contribution in [-0.4, -0.2) is 36.8 Å². The van der Waals surface area contributed by atoms with E-state index in [1.54, 1.807) is 0 Å². The number of aliphatic imine (C=N–C) groups is 1. The van der Waals surface area contributed by atoms with Gasteiger partial charge in [-0.25, -0.2) is 0 Å². The Morgan fingerprint density at radius 1 is 1.33 bits per heavy atom. The third-order valence-electron chi connectivity index (χ3n) is 4.39. The van der Waals surface area contributed by atoms with Crippen molar-refractivity contribution in [1.82, 2.24) is 4.90 Å². The highest BCUT2D eigenvalue weighted by Gasteiger charge is 2.22. The molecule has 2 rings (SSSR count).